The SMILES string of the molecule is N#Cc1ccc(C(=O)/C=C(\N)c2ccccc2)cc1. The van der Waals surface area contributed by atoms with Crippen LogP contribution in [0.1, 0.15) is 21.5 Å². The number of allylic oxidation sites excluding steroid dienone is 1. The fraction of sp³-hybridized carbons (Fsp3) is 0. The Labute approximate surface area is 111 Å². The molecule has 0 spiro atoms. The number of hydrogen-bond acceptors (Lipinski definition) is 3. The van der Waals surface area contributed by atoms with Crippen LogP contribution in [-0.4, -0.2) is 5.78 Å². The van der Waals surface area contributed by atoms with Gasteiger partial charge in [-0.15, -0.1) is 0 Å². The van der Waals surface area contributed by atoms with Crippen LogP contribution in [0.4, 0.5) is 0 Å². The van der Waals surface area contributed by atoms with Crippen molar-refractivity contribution in [2.75, 3.05) is 0 Å². The summed E-state index contributed by atoms with van der Waals surface area (Å²) in [7, 11) is 0. The zero-order valence-corrected chi connectivity index (χ0v) is 10.2. The smallest absolute Gasteiger partial charge is 0.187 e. The molecule has 19 heavy (non-hydrogen) atoms. The number of carbonyl (C=O) groups excluding carboxylic acids is 1. The van der Waals surface area contributed by atoms with Gasteiger partial charge in [0.15, 0.2) is 5.78 Å². The minimum Gasteiger partial charge on any atom is -0.398 e. The number of ketones is 1. The molecule has 0 heterocycles. The summed E-state index contributed by atoms with van der Waals surface area (Å²) in [5.41, 5.74) is 8.15. The molecule has 2 aromatic rings. The van der Waals surface area contributed by atoms with Crippen LogP contribution in [0.3, 0.4) is 0 Å². The first kappa shape index (κ1) is 12.6. The van der Waals surface area contributed by atoms with Gasteiger partial charge in [0.1, 0.15) is 0 Å². The van der Waals surface area contributed by atoms with E-state index in [1.807, 2.05) is 36.4 Å². The van der Waals surface area contributed by atoms with Gasteiger partial charge in [0.05, 0.1) is 11.6 Å². The molecule has 0 atom stereocenters. The van der Waals surface area contributed by atoms with Crippen molar-refractivity contribution in [1.82, 2.24) is 0 Å². The monoisotopic (exact) mass is 248 g/mol. The summed E-state index contributed by atoms with van der Waals surface area (Å²) < 4.78 is 0. The first-order chi connectivity index (χ1) is 9.20. The van der Waals surface area contributed by atoms with Gasteiger partial charge in [-0.2, -0.15) is 5.26 Å². The molecular formula is C16H12N2O. The Morgan fingerprint density at radius 2 is 1.63 bits per heavy atom. The second-order valence-electron chi connectivity index (χ2n) is 4.02. The van der Waals surface area contributed by atoms with Crippen LogP contribution in [0.2, 0.25) is 0 Å². The van der Waals surface area contributed by atoms with Gasteiger partial charge in [0, 0.05) is 17.3 Å². The van der Waals surface area contributed by atoms with Crippen LogP contribution in [-0.2, 0) is 0 Å². The van der Waals surface area contributed by atoms with Crippen LogP contribution in [0, 0.1) is 11.3 Å². The first-order valence-corrected chi connectivity index (χ1v) is 5.78. The van der Waals surface area contributed by atoms with E-state index in [1.54, 1.807) is 24.3 Å². The second kappa shape index (κ2) is 5.65. The van der Waals surface area contributed by atoms with Gasteiger partial charge >= 0.3 is 0 Å². The third-order valence-electron chi connectivity index (χ3n) is 2.69. The van der Waals surface area contributed by atoms with Gasteiger partial charge < -0.3 is 5.73 Å². The van der Waals surface area contributed by atoms with Crippen LogP contribution < -0.4 is 5.73 Å². The molecule has 2 aromatic carbocycles. The second-order valence-corrected chi connectivity index (χ2v) is 4.02. The molecule has 2 N–H and O–H groups in total. The van der Waals surface area contributed by atoms with Crippen molar-refractivity contribution >= 4 is 11.5 Å². The van der Waals surface area contributed by atoms with Crippen molar-refractivity contribution < 1.29 is 4.79 Å². The normalized spacial score (nSPS) is 10.8. The van der Waals surface area contributed by atoms with E-state index in [2.05, 4.69) is 0 Å². The Kier molecular flexibility index (Phi) is 3.75. The molecule has 0 saturated heterocycles. The minimum atomic E-state index is -0.175. The zero-order valence-electron chi connectivity index (χ0n) is 10.2. The van der Waals surface area contributed by atoms with Crippen LogP contribution in [0.5, 0.6) is 0 Å². The molecule has 92 valence electrons. The van der Waals surface area contributed by atoms with Gasteiger partial charge in [-0.1, -0.05) is 30.3 Å². The predicted octanol–water partition coefficient (Wildman–Crippen LogP) is 2.74. The summed E-state index contributed by atoms with van der Waals surface area (Å²) in [6, 6.07) is 17.8. The molecule has 0 aliphatic heterocycles. The molecule has 3 nitrogen and oxygen atoms in total. The molecule has 0 bridgehead atoms. The molecule has 0 unspecified atom stereocenters. The maximum atomic E-state index is 12.0. The average molecular weight is 248 g/mol. The number of nitriles is 1. The van der Waals surface area contributed by atoms with Crippen molar-refractivity contribution in [2.45, 2.75) is 0 Å². The first-order valence-electron chi connectivity index (χ1n) is 5.78. The minimum absolute atomic E-state index is 0.175. The van der Waals surface area contributed by atoms with Crippen LogP contribution in [0.15, 0.2) is 60.7 Å². The van der Waals surface area contributed by atoms with Crippen molar-refractivity contribution in [3.05, 3.63) is 77.4 Å². The van der Waals surface area contributed by atoms with Gasteiger partial charge in [-0.25, -0.2) is 0 Å². The Morgan fingerprint density at radius 3 is 2.21 bits per heavy atom. The molecule has 0 aliphatic carbocycles. The highest BCUT2D eigenvalue weighted by Crippen LogP contribution is 2.11. The van der Waals surface area contributed by atoms with Crippen molar-refractivity contribution in [1.29, 1.82) is 5.26 Å². The topological polar surface area (TPSA) is 66.9 Å². The van der Waals surface area contributed by atoms with E-state index in [0.717, 1.165) is 5.56 Å². The Balaban J connectivity index is 2.23. The summed E-state index contributed by atoms with van der Waals surface area (Å²) in [6.07, 6.45) is 1.40. The number of nitrogens with zero attached hydrogens (tertiary/aromatic N) is 1. The molecule has 0 aromatic heterocycles. The number of hydrogen-bond donors (Lipinski definition) is 1. The third kappa shape index (κ3) is 3.08. The lowest BCUT2D eigenvalue weighted by Gasteiger charge is -2.01. The predicted molar refractivity (Wildman–Crippen MR) is 74.1 cm³/mol. The van der Waals surface area contributed by atoms with Gasteiger partial charge in [-0.3, -0.25) is 4.79 Å². The summed E-state index contributed by atoms with van der Waals surface area (Å²) in [6.45, 7) is 0. The molecule has 0 radical (unpaired) electrons. The number of carbonyl (C=O) groups is 1. The molecule has 0 aliphatic rings. The van der Waals surface area contributed by atoms with E-state index >= 15 is 0 Å². The van der Waals surface area contributed by atoms with E-state index < -0.39 is 0 Å². The standard InChI is InChI=1S/C16H12N2O/c17-11-12-6-8-14(9-7-12)16(19)10-15(18)13-4-2-1-3-5-13/h1-10H,18H2/b15-10-. The van der Waals surface area contributed by atoms with Crippen molar-refractivity contribution in [3.63, 3.8) is 0 Å². The Morgan fingerprint density at radius 1 is 1.00 bits per heavy atom. The highest BCUT2D eigenvalue weighted by atomic mass is 16.1. The van der Waals surface area contributed by atoms with Crippen molar-refractivity contribution in [3.8, 4) is 6.07 Å². The molecule has 0 amide bonds. The van der Waals surface area contributed by atoms with Crippen molar-refractivity contribution in [2.24, 2.45) is 5.73 Å². The Hall–Kier alpha value is -2.86. The highest BCUT2D eigenvalue weighted by Gasteiger charge is 2.04. The maximum absolute atomic E-state index is 12.0. The van der Waals surface area contributed by atoms with Crippen LogP contribution in [0.25, 0.3) is 5.70 Å². The van der Waals surface area contributed by atoms with Gasteiger partial charge in [0.2, 0.25) is 0 Å². The van der Waals surface area contributed by atoms with Gasteiger partial charge in [0.25, 0.3) is 0 Å². The van der Waals surface area contributed by atoms with E-state index in [0.29, 0.717) is 16.8 Å². The maximum Gasteiger partial charge on any atom is 0.187 e. The fourth-order valence-corrected chi connectivity index (χ4v) is 1.65. The lowest BCUT2D eigenvalue weighted by Crippen LogP contribution is -2.02. The van der Waals surface area contributed by atoms with E-state index in [9.17, 15) is 4.79 Å². The quantitative estimate of drug-likeness (QED) is 0.670. The Bertz CT molecular complexity index is 649. The molecule has 0 fully saturated rings. The number of rotatable bonds is 3. The number of benzene rings is 2. The average Bonchev–Trinajstić information content (AvgIpc) is 2.48. The van der Waals surface area contributed by atoms with Crippen LogP contribution >= 0.6 is 0 Å². The third-order valence-corrected chi connectivity index (χ3v) is 2.69. The van der Waals surface area contributed by atoms with Gasteiger partial charge in [-0.05, 0) is 29.8 Å². The fourth-order valence-electron chi connectivity index (χ4n) is 1.65. The largest absolute Gasteiger partial charge is 0.398 e. The molecule has 3 heteroatoms. The summed E-state index contributed by atoms with van der Waals surface area (Å²) in [5, 5.41) is 8.69. The number of nitrogens with two attached hydrogens (primary N) is 1. The molecule has 2 rings (SSSR count). The molecular weight excluding hydrogens is 236 g/mol. The highest BCUT2D eigenvalue weighted by molar-refractivity contribution is 6.08. The summed E-state index contributed by atoms with van der Waals surface area (Å²) in [4.78, 5) is 12.0. The lowest BCUT2D eigenvalue weighted by molar-refractivity contribution is 0.104. The zero-order chi connectivity index (χ0) is 13.7. The van der Waals surface area contributed by atoms with E-state index in [1.165, 1.54) is 6.08 Å². The summed E-state index contributed by atoms with van der Waals surface area (Å²) >= 11 is 0. The lowest BCUT2D eigenvalue weighted by atomic mass is 10.1. The molecule has 0 saturated carbocycles. The summed E-state index contributed by atoms with van der Waals surface area (Å²) in [5.74, 6) is -0.175. The van der Waals surface area contributed by atoms with E-state index in [4.69, 9.17) is 11.0 Å². The van der Waals surface area contributed by atoms with E-state index in [-0.39, 0.29) is 5.78 Å².